The number of carbonyl (C=O) groups excluding carboxylic acids is 1. The van der Waals surface area contributed by atoms with Crippen molar-refractivity contribution in [1.82, 2.24) is 9.62 Å². The van der Waals surface area contributed by atoms with E-state index in [2.05, 4.69) is 15.6 Å². The number of carbonyl (C=O) groups is 1. The molecule has 166 valence electrons. The molecule has 1 fully saturated rings. The number of anilines is 1. The van der Waals surface area contributed by atoms with Gasteiger partial charge in [-0.1, -0.05) is 0 Å². The maximum Gasteiger partial charge on any atom is 0.250 e. The molecule has 0 aromatic heterocycles. The van der Waals surface area contributed by atoms with Crippen molar-refractivity contribution in [1.29, 1.82) is 0 Å². The number of benzene rings is 1. The molecule has 1 aromatic rings. The topological polar surface area (TPSA) is 126 Å². The Balaban J connectivity index is 1.72. The first kappa shape index (κ1) is 21.2. The molecule has 0 saturated carbocycles. The van der Waals surface area contributed by atoms with Crippen LogP contribution in [0.25, 0.3) is 0 Å². The van der Waals surface area contributed by atoms with Crippen molar-refractivity contribution in [3.8, 4) is 0 Å². The summed E-state index contributed by atoms with van der Waals surface area (Å²) in [6.07, 6.45) is 3.66. The van der Waals surface area contributed by atoms with Crippen LogP contribution in [-0.2, 0) is 25.1 Å². The van der Waals surface area contributed by atoms with Crippen molar-refractivity contribution in [3.63, 3.8) is 0 Å². The third kappa shape index (κ3) is 3.55. The zero-order valence-corrected chi connectivity index (χ0v) is 17.3. The van der Waals surface area contributed by atoms with Gasteiger partial charge in [0.25, 0.3) is 5.91 Å². The van der Waals surface area contributed by atoms with E-state index in [0.717, 1.165) is 22.6 Å². The van der Waals surface area contributed by atoms with Gasteiger partial charge in [0, 0.05) is 31.1 Å². The Labute approximate surface area is 177 Å². The van der Waals surface area contributed by atoms with E-state index in [1.165, 1.54) is 25.3 Å². The van der Waals surface area contributed by atoms with Crippen LogP contribution in [-0.4, -0.2) is 56.1 Å². The van der Waals surface area contributed by atoms with Crippen LogP contribution in [0.15, 0.2) is 47.4 Å². The van der Waals surface area contributed by atoms with E-state index in [9.17, 15) is 22.0 Å². The lowest BCUT2D eigenvalue weighted by Gasteiger charge is -2.45. The minimum Gasteiger partial charge on any atom is -0.378 e. The number of rotatable bonds is 3. The number of aliphatic imine (C=N–C) groups is 1. The predicted octanol–water partition coefficient (Wildman–Crippen LogP) is 0.677. The van der Waals surface area contributed by atoms with Gasteiger partial charge in [-0.2, -0.15) is 0 Å². The number of hydrogen-bond acceptors (Lipinski definition) is 7. The van der Waals surface area contributed by atoms with Gasteiger partial charge in [0.05, 0.1) is 6.61 Å². The molecule has 9 nitrogen and oxygen atoms in total. The molecule has 1 saturated heterocycles. The zero-order valence-electron chi connectivity index (χ0n) is 16.5. The molecule has 2 unspecified atom stereocenters. The van der Waals surface area contributed by atoms with Crippen LogP contribution in [0.4, 0.5) is 14.5 Å². The molecule has 0 aliphatic carbocycles. The molecular weight excluding hydrogens is 432 g/mol. The second-order valence-corrected chi connectivity index (χ2v) is 9.60. The minimum atomic E-state index is -3.91. The van der Waals surface area contributed by atoms with Crippen molar-refractivity contribution in [2.45, 2.75) is 23.3 Å². The van der Waals surface area contributed by atoms with Gasteiger partial charge in [-0.25, -0.2) is 26.5 Å². The number of hydrogen-bond donors (Lipinski definition) is 3. The smallest absolute Gasteiger partial charge is 0.250 e. The molecule has 0 radical (unpaired) electrons. The first-order valence-corrected chi connectivity index (χ1v) is 11.0. The van der Waals surface area contributed by atoms with Crippen molar-refractivity contribution >= 4 is 27.6 Å². The third-order valence-electron chi connectivity index (χ3n) is 5.59. The molecule has 4 rings (SSSR count). The summed E-state index contributed by atoms with van der Waals surface area (Å²) >= 11 is 0. The average Bonchev–Trinajstić information content (AvgIpc) is 2.74. The maximum absolute atomic E-state index is 15.0. The van der Waals surface area contributed by atoms with Gasteiger partial charge in [0.2, 0.25) is 16.0 Å². The first-order valence-electron chi connectivity index (χ1n) is 9.47. The Morgan fingerprint density at radius 3 is 2.90 bits per heavy atom. The minimum absolute atomic E-state index is 0.0484. The molecule has 1 aromatic carbocycles. The number of dihydropyridines is 1. The number of amides is 1. The van der Waals surface area contributed by atoms with E-state index in [0.29, 0.717) is 0 Å². The van der Waals surface area contributed by atoms with Crippen molar-refractivity contribution in [2.24, 2.45) is 10.7 Å². The second kappa shape index (κ2) is 7.61. The number of fused-ring (bicyclic) bond motifs is 1. The Morgan fingerprint density at radius 1 is 1.42 bits per heavy atom. The summed E-state index contributed by atoms with van der Waals surface area (Å²) in [7, 11) is -2.62. The van der Waals surface area contributed by atoms with Crippen LogP contribution < -0.4 is 16.4 Å². The molecule has 4 N–H and O–H groups in total. The second-order valence-electron chi connectivity index (χ2n) is 7.45. The highest BCUT2D eigenvalue weighted by atomic mass is 32.2. The average molecular weight is 453 g/mol. The summed E-state index contributed by atoms with van der Waals surface area (Å²) in [6.45, 7) is -0.00648. The van der Waals surface area contributed by atoms with Gasteiger partial charge in [-0.15, -0.1) is 0 Å². The highest BCUT2D eigenvalue weighted by molar-refractivity contribution is 7.90. The Kier molecular flexibility index (Phi) is 5.21. The van der Waals surface area contributed by atoms with Gasteiger partial charge >= 0.3 is 0 Å². The molecule has 3 aliphatic heterocycles. The van der Waals surface area contributed by atoms with Crippen LogP contribution in [0.1, 0.15) is 12.0 Å². The number of nitrogens with zero attached hydrogens (tertiary/aromatic N) is 2. The van der Waals surface area contributed by atoms with Gasteiger partial charge in [0.15, 0.2) is 0 Å². The Hall–Kier alpha value is -2.99. The van der Waals surface area contributed by atoms with Crippen LogP contribution in [0.3, 0.4) is 0 Å². The lowest BCUT2D eigenvalue weighted by molar-refractivity contribution is -0.116. The molecule has 1 amide bonds. The molecule has 3 atom stereocenters. The highest BCUT2D eigenvalue weighted by Gasteiger charge is 2.56. The van der Waals surface area contributed by atoms with E-state index in [1.54, 1.807) is 0 Å². The normalized spacial score (nSPS) is 29.3. The summed E-state index contributed by atoms with van der Waals surface area (Å²) in [6, 6.07) is 2.96. The Bertz CT molecular complexity index is 1120. The van der Waals surface area contributed by atoms with Crippen LogP contribution in [0.2, 0.25) is 0 Å². The molecule has 12 heteroatoms. The van der Waals surface area contributed by atoms with Crippen molar-refractivity contribution in [2.75, 3.05) is 25.6 Å². The van der Waals surface area contributed by atoms with Crippen LogP contribution in [0.5, 0.6) is 0 Å². The monoisotopic (exact) mass is 453 g/mol. The summed E-state index contributed by atoms with van der Waals surface area (Å²) < 4.78 is 60.5. The van der Waals surface area contributed by atoms with Gasteiger partial charge in [0.1, 0.15) is 28.5 Å². The highest BCUT2D eigenvalue weighted by Crippen LogP contribution is 2.44. The van der Waals surface area contributed by atoms with E-state index >= 15 is 0 Å². The number of ether oxygens (including phenoxy) is 1. The molecule has 31 heavy (non-hydrogen) atoms. The summed E-state index contributed by atoms with van der Waals surface area (Å²) in [5, 5.41) is 4.12. The first-order chi connectivity index (χ1) is 14.6. The summed E-state index contributed by atoms with van der Waals surface area (Å²) in [5.41, 5.74) is 4.44. The number of nitrogens with one attached hydrogen (secondary N) is 2. The van der Waals surface area contributed by atoms with Gasteiger partial charge in [-0.05, 0) is 36.8 Å². The lowest BCUT2D eigenvalue weighted by Crippen LogP contribution is -2.61. The number of guanidine groups is 1. The largest absolute Gasteiger partial charge is 0.378 e. The van der Waals surface area contributed by atoms with E-state index < -0.39 is 44.4 Å². The fourth-order valence-electron chi connectivity index (χ4n) is 3.94. The fourth-order valence-corrected chi connectivity index (χ4v) is 5.75. The SMILES string of the molecule is CN1C(N)=N[C@@]2(c3cc(NC(=O)C4C=CC(F)=CN4)ccc3F)COCCC2S1(=O)=O. The Morgan fingerprint density at radius 2 is 2.19 bits per heavy atom. The molecule has 3 aliphatic rings. The summed E-state index contributed by atoms with van der Waals surface area (Å²) in [5.74, 6) is -2.01. The third-order valence-corrected chi connectivity index (χ3v) is 7.88. The molecule has 3 heterocycles. The quantitative estimate of drug-likeness (QED) is 0.618. The standard InChI is InChI=1S/C19H21F2N5O4S/c1-26-18(22)25-19(10-30-7-6-16(19)31(26,28)29)13-8-12(3-4-14(13)21)24-17(27)15-5-2-11(20)9-23-15/h2-5,8-9,15-16,23H,6-7,10H2,1H3,(H2,22,25)(H,24,27)/t15?,16?,19-/m1/s1. The predicted molar refractivity (Wildman–Crippen MR) is 109 cm³/mol. The van der Waals surface area contributed by atoms with Gasteiger partial charge in [-0.3, -0.25) is 4.79 Å². The number of halogens is 2. The zero-order chi connectivity index (χ0) is 22.4. The van der Waals surface area contributed by atoms with E-state index in [-0.39, 0.29) is 36.8 Å². The van der Waals surface area contributed by atoms with E-state index in [1.807, 2.05) is 0 Å². The van der Waals surface area contributed by atoms with Crippen LogP contribution >= 0.6 is 0 Å². The lowest BCUT2D eigenvalue weighted by atomic mass is 9.84. The van der Waals surface area contributed by atoms with Gasteiger partial charge < -0.3 is 21.1 Å². The van der Waals surface area contributed by atoms with Crippen molar-refractivity contribution in [3.05, 3.63) is 53.8 Å². The molecular formula is C19H21F2N5O4S. The van der Waals surface area contributed by atoms with Crippen molar-refractivity contribution < 1.29 is 26.7 Å². The number of allylic oxidation sites excluding steroid dienone is 2. The van der Waals surface area contributed by atoms with E-state index in [4.69, 9.17) is 10.5 Å². The maximum atomic E-state index is 15.0. The molecule has 0 spiro atoms. The number of sulfonamides is 1. The van der Waals surface area contributed by atoms with Crippen LogP contribution in [0, 0.1) is 5.82 Å². The summed E-state index contributed by atoms with van der Waals surface area (Å²) in [4.78, 5) is 16.8. The fraction of sp³-hybridized carbons (Fsp3) is 0.368. The number of nitrogens with two attached hydrogens (primary N) is 1. The molecule has 0 bridgehead atoms.